The van der Waals surface area contributed by atoms with E-state index in [2.05, 4.69) is 50.5 Å². The number of aryl methyl sites for hydroxylation is 3. The quantitative estimate of drug-likeness (QED) is 0.248. The smallest absolute Gasteiger partial charge is 0.281 e. The van der Waals surface area contributed by atoms with Gasteiger partial charge in [0.05, 0.1) is 11.6 Å². The van der Waals surface area contributed by atoms with Crippen molar-refractivity contribution in [2.45, 2.75) is 60.5 Å². The van der Waals surface area contributed by atoms with Crippen LogP contribution in [0.4, 0.5) is 0 Å². The zero-order valence-corrected chi connectivity index (χ0v) is 25.1. The number of nitrogens with two attached hydrogens (primary N) is 1. The second-order valence-corrected chi connectivity index (χ2v) is 11.3. The van der Waals surface area contributed by atoms with Crippen molar-refractivity contribution in [1.82, 2.24) is 14.5 Å². The van der Waals surface area contributed by atoms with Gasteiger partial charge in [0.2, 0.25) is 0 Å². The first-order chi connectivity index (χ1) is 19.6. The van der Waals surface area contributed by atoms with Crippen molar-refractivity contribution < 1.29 is 4.79 Å². The number of carbonyl (C=O) groups excluding carboxylic acids is 1. The van der Waals surface area contributed by atoms with Crippen molar-refractivity contribution in [3.63, 3.8) is 0 Å². The summed E-state index contributed by atoms with van der Waals surface area (Å²) in [6.07, 6.45) is 0.642. The molecule has 4 rings (SSSR count). The van der Waals surface area contributed by atoms with Gasteiger partial charge in [0.1, 0.15) is 5.82 Å². The first kappa shape index (κ1) is 29.9. The first-order valence-electron chi connectivity index (χ1n) is 14.4. The average Bonchev–Trinajstić information content (AvgIpc) is 2.95. The van der Waals surface area contributed by atoms with E-state index in [1.165, 1.54) is 5.56 Å². The number of nitrogens with zero attached hydrogens (tertiary/aromatic N) is 3. The lowest BCUT2D eigenvalue weighted by atomic mass is 9.97. The molecule has 1 atom stereocenters. The molecule has 0 aliphatic carbocycles. The molecule has 1 aromatic heterocycles. The number of carbonyl (C=O) groups is 1. The van der Waals surface area contributed by atoms with Gasteiger partial charge in [-0.05, 0) is 81.0 Å². The highest BCUT2D eigenvalue weighted by Gasteiger charge is 2.33. The minimum atomic E-state index is -0.431. The Morgan fingerprint density at radius 1 is 0.927 bits per heavy atom. The highest BCUT2D eigenvalue weighted by atomic mass is 16.2. The lowest BCUT2D eigenvalue weighted by Crippen LogP contribution is -2.42. The molecular formula is C35H42N4O2. The van der Waals surface area contributed by atoms with E-state index in [0.29, 0.717) is 43.0 Å². The van der Waals surface area contributed by atoms with E-state index in [1.807, 2.05) is 73.3 Å². The third-order valence-electron chi connectivity index (χ3n) is 7.85. The molecule has 1 heterocycles. The van der Waals surface area contributed by atoms with Gasteiger partial charge in [0.15, 0.2) is 0 Å². The van der Waals surface area contributed by atoms with Crippen molar-refractivity contribution in [2.75, 3.05) is 13.1 Å². The van der Waals surface area contributed by atoms with Gasteiger partial charge in [-0.1, -0.05) is 80.1 Å². The Labute approximate surface area is 243 Å². The SMILES string of the molecule is Cc1ccc(C(=O)N(CCCN)C(c2nc(=O)c(-c3ccc(C)c(C)c3)c(C)n2Cc2ccccc2)C(C)C)cc1. The van der Waals surface area contributed by atoms with Crippen LogP contribution in [0.2, 0.25) is 0 Å². The largest absolute Gasteiger partial charge is 0.330 e. The van der Waals surface area contributed by atoms with Crippen LogP contribution in [0.3, 0.4) is 0 Å². The molecule has 0 aliphatic rings. The lowest BCUT2D eigenvalue weighted by Gasteiger charge is -2.36. The van der Waals surface area contributed by atoms with Gasteiger partial charge in [-0.15, -0.1) is 0 Å². The summed E-state index contributed by atoms with van der Waals surface area (Å²) < 4.78 is 2.13. The molecule has 6 heteroatoms. The second kappa shape index (κ2) is 13.1. The van der Waals surface area contributed by atoms with Crippen LogP contribution in [0.25, 0.3) is 11.1 Å². The molecule has 0 fully saturated rings. The molecule has 2 N–H and O–H groups in total. The molecule has 4 aromatic rings. The number of aromatic nitrogens is 2. The van der Waals surface area contributed by atoms with Crippen LogP contribution >= 0.6 is 0 Å². The molecule has 0 aliphatic heterocycles. The van der Waals surface area contributed by atoms with E-state index in [9.17, 15) is 9.59 Å². The Morgan fingerprint density at radius 3 is 2.22 bits per heavy atom. The summed E-state index contributed by atoms with van der Waals surface area (Å²) in [5.74, 6) is 0.493. The molecule has 0 radical (unpaired) electrons. The van der Waals surface area contributed by atoms with Gasteiger partial charge in [-0.2, -0.15) is 4.98 Å². The average molecular weight is 551 g/mol. The number of rotatable bonds is 10. The Hall–Kier alpha value is -4.03. The van der Waals surface area contributed by atoms with E-state index in [0.717, 1.165) is 27.9 Å². The van der Waals surface area contributed by atoms with Crippen LogP contribution in [0.15, 0.2) is 77.6 Å². The van der Waals surface area contributed by atoms with Crippen molar-refractivity contribution in [2.24, 2.45) is 11.7 Å². The summed E-state index contributed by atoms with van der Waals surface area (Å²) >= 11 is 0. The fraction of sp³-hybridized carbons (Fsp3) is 0.343. The minimum absolute atomic E-state index is 0.0111. The Kier molecular flexibility index (Phi) is 9.56. The van der Waals surface area contributed by atoms with Crippen molar-refractivity contribution in [1.29, 1.82) is 0 Å². The van der Waals surface area contributed by atoms with E-state index in [4.69, 9.17) is 10.7 Å². The molecule has 1 unspecified atom stereocenters. The number of hydrogen-bond donors (Lipinski definition) is 1. The third kappa shape index (κ3) is 6.66. The summed E-state index contributed by atoms with van der Waals surface area (Å²) in [5.41, 5.74) is 13.0. The van der Waals surface area contributed by atoms with Gasteiger partial charge < -0.3 is 15.2 Å². The van der Waals surface area contributed by atoms with E-state index >= 15 is 0 Å². The zero-order chi connectivity index (χ0) is 29.7. The van der Waals surface area contributed by atoms with Crippen LogP contribution in [0.5, 0.6) is 0 Å². The summed E-state index contributed by atoms with van der Waals surface area (Å²) in [7, 11) is 0. The first-order valence-corrected chi connectivity index (χ1v) is 14.4. The molecule has 0 saturated carbocycles. The second-order valence-electron chi connectivity index (χ2n) is 11.3. The van der Waals surface area contributed by atoms with Crippen LogP contribution in [0, 0.1) is 33.6 Å². The Balaban J connectivity index is 1.95. The number of hydrogen-bond acceptors (Lipinski definition) is 4. The maximum Gasteiger partial charge on any atom is 0.281 e. The highest BCUT2D eigenvalue weighted by molar-refractivity contribution is 5.94. The minimum Gasteiger partial charge on any atom is -0.330 e. The molecule has 214 valence electrons. The van der Waals surface area contributed by atoms with Gasteiger partial charge >= 0.3 is 0 Å². The van der Waals surface area contributed by atoms with E-state index in [-0.39, 0.29) is 17.4 Å². The van der Waals surface area contributed by atoms with Crippen LogP contribution in [-0.2, 0) is 6.54 Å². The van der Waals surface area contributed by atoms with Gasteiger partial charge in [-0.25, -0.2) is 0 Å². The maximum atomic E-state index is 14.0. The highest BCUT2D eigenvalue weighted by Crippen LogP contribution is 2.32. The molecule has 1 amide bonds. The topological polar surface area (TPSA) is 81.2 Å². The molecule has 41 heavy (non-hydrogen) atoms. The van der Waals surface area contributed by atoms with E-state index < -0.39 is 6.04 Å². The predicted octanol–water partition coefficient (Wildman–Crippen LogP) is 6.38. The Bertz CT molecular complexity index is 1560. The zero-order valence-electron chi connectivity index (χ0n) is 25.1. The maximum absolute atomic E-state index is 14.0. The van der Waals surface area contributed by atoms with Gasteiger partial charge in [-0.3, -0.25) is 9.59 Å². The summed E-state index contributed by atoms with van der Waals surface area (Å²) in [6.45, 7) is 13.7. The van der Waals surface area contributed by atoms with Gasteiger partial charge in [0, 0.05) is 24.3 Å². The van der Waals surface area contributed by atoms with Crippen molar-refractivity contribution in [3.05, 3.63) is 122 Å². The normalized spacial score (nSPS) is 12.0. The van der Waals surface area contributed by atoms with Crippen LogP contribution in [0.1, 0.15) is 70.4 Å². The summed E-state index contributed by atoms with van der Waals surface area (Å²) in [6, 6.07) is 23.5. The van der Waals surface area contributed by atoms with Crippen molar-refractivity contribution in [3.8, 4) is 11.1 Å². The predicted molar refractivity (Wildman–Crippen MR) is 167 cm³/mol. The van der Waals surface area contributed by atoms with Crippen molar-refractivity contribution >= 4 is 5.91 Å². The summed E-state index contributed by atoms with van der Waals surface area (Å²) in [5, 5.41) is 0. The molecule has 6 nitrogen and oxygen atoms in total. The number of benzene rings is 3. The Morgan fingerprint density at radius 2 is 1.61 bits per heavy atom. The summed E-state index contributed by atoms with van der Waals surface area (Å²) in [4.78, 5) is 34.5. The molecule has 3 aromatic carbocycles. The van der Waals surface area contributed by atoms with Gasteiger partial charge in [0.25, 0.3) is 11.5 Å². The fourth-order valence-corrected chi connectivity index (χ4v) is 5.39. The van der Waals surface area contributed by atoms with E-state index in [1.54, 1.807) is 0 Å². The lowest BCUT2D eigenvalue weighted by molar-refractivity contribution is 0.0602. The molecule has 0 spiro atoms. The van der Waals surface area contributed by atoms with Crippen LogP contribution < -0.4 is 11.3 Å². The molecule has 0 bridgehead atoms. The standard InChI is InChI=1S/C35H42N4O2/c1-23(2)32(38(20-10-19-36)35(41)29-16-13-24(3)14-17-29)33-37-34(40)31(30-18-15-25(4)26(5)21-30)27(6)39(33)22-28-11-8-7-9-12-28/h7-9,11-18,21,23,32H,10,19-20,22,36H2,1-6H3. The fourth-order valence-electron chi connectivity index (χ4n) is 5.39. The van der Waals surface area contributed by atoms with Crippen LogP contribution in [-0.4, -0.2) is 33.4 Å². The molecular weight excluding hydrogens is 508 g/mol. The third-order valence-corrected chi connectivity index (χ3v) is 7.85. The molecule has 0 saturated heterocycles. The monoisotopic (exact) mass is 550 g/mol. The number of amides is 1.